The van der Waals surface area contributed by atoms with Crippen LogP contribution < -0.4 is 9.47 Å². The summed E-state index contributed by atoms with van der Waals surface area (Å²) in [6.07, 6.45) is 0. The zero-order valence-corrected chi connectivity index (χ0v) is 24.4. The van der Waals surface area contributed by atoms with Crippen LogP contribution in [0.25, 0.3) is 0 Å². The first-order valence-electron chi connectivity index (χ1n) is 12.9. The third kappa shape index (κ3) is 7.45. The van der Waals surface area contributed by atoms with Crippen molar-refractivity contribution < 1.29 is 24.2 Å². The molecule has 11 nitrogen and oxygen atoms in total. The van der Waals surface area contributed by atoms with E-state index in [2.05, 4.69) is 13.0 Å². The zero-order chi connectivity index (χ0) is 31.3. The number of rotatable bonds is 7. The summed E-state index contributed by atoms with van der Waals surface area (Å²) in [5.41, 5.74) is 5.77. The summed E-state index contributed by atoms with van der Waals surface area (Å²) >= 11 is 0. The standard InChI is InChI=1S/C16H17NO3.C15H14N2O5/c1-10-7-13(4)16(9-11(10)2)20-14-5-6-15(17(18)19)12(3)8-14;1-9-6-11(3)15(14(7-9)17(20)21)22-12-4-5-13(16(18)19)10(2)8-12/h5-9H,1-4H3;4-8H,1-3H3. The van der Waals surface area contributed by atoms with Crippen LogP contribution in [0.15, 0.2) is 60.7 Å². The molecular weight excluding hydrogens is 542 g/mol. The van der Waals surface area contributed by atoms with Crippen LogP contribution in [0.1, 0.15) is 38.9 Å². The molecule has 0 amide bonds. The highest BCUT2D eigenvalue weighted by Gasteiger charge is 2.20. The molecule has 42 heavy (non-hydrogen) atoms. The van der Waals surface area contributed by atoms with Crippen molar-refractivity contribution in [3.05, 3.63) is 130 Å². The van der Waals surface area contributed by atoms with Crippen LogP contribution in [0.3, 0.4) is 0 Å². The molecule has 218 valence electrons. The van der Waals surface area contributed by atoms with Crippen molar-refractivity contribution in [2.45, 2.75) is 48.5 Å². The second-order valence-electron chi connectivity index (χ2n) is 10.0. The quantitative estimate of drug-likeness (QED) is 0.157. The highest BCUT2D eigenvalue weighted by Crippen LogP contribution is 2.37. The molecular formula is C31H31N3O8. The number of hydrogen-bond acceptors (Lipinski definition) is 8. The van der Waals surface area contributed by atoms with E-state index in [1.807, 2.05) is 19.9 Å². The third-order valence-electron chi connectivity index (χ3n) is 6.56. The highest BCUT2D eigenvalue weighted by atomic mass is 16.6. The van der Waals surface area contributed by atoms with Gasteiger partial charge in [-0.25, -0.2) is 0 Å². The van der Waals surface area contributed by atoms with Gasteiger partial charge in [-0.3, -0.25) is 30.3 Å². The summed E-state index contributed by atoms with van der Waals surface area (Å²) < 4.78 is 11.4. The molecule has 0 unspecified atom stereocenters. The first-order valence-corrected chi connectivity index (χ1v) is 12.9. The Balaban J connectivity index is 0.000000231. The Morgan fingerprint density at radius 1 is 0.476 bits per heavy atom. The fraction of sp³-hybridized carbons (Fsp3) is 0.226. The van der Waals surface area contributed by atoms with Crippen LogP contribution >= 0.6 is 0 Å². The molecule has 4 rings (SSSR count). The molecule has 0 atom stereocenters. The fourth-order valence-corrected chi connectivity index (χ4v) is 4.28. The van der Waals surface area contributed by atoms with Gasteiger partial charge in [0.05, 0.1) is 14.8 Å². The number of aryl methyl sites for hydroxylation is 7. The van der Waals surface area contributed by atoms with Crippen molar-refractivity contribution in [1.82, 2.24) is 0 Å². The normalized spacial score (nSPS) is 10.4. The summed E-state index contributed by atoms with van der Waals surface area (Å²) in [6, 6.07) is 16.3. The first-order chi connectivity index (χ1) is 19.7. The summed E-state index contributed by atoms with van der Waals surface area (Å²) in [4.78, 5) is 31.4. The van der Waals surface area contributed by atoms with Gasteiger partial charge >= 0.3 is 5.69 Å². The lowest BCUT2D eigenvalue weighted by Crippen LogP contribution is -1.98. The summed E-state index contributed by atoms with van der Waals surface area (Å²) in [5, 5.41) is 32.8. The molecule has 4 aromatic rings. The number of nitro groups is 3. The van der Waals surface area contributed by atoms with Crippen LogP contribution in [0, 0.1) is 78.8 Å². The minimum atomic E-state index is -0.506. The lowest BCUT2D eigenvalue weighted by Gasteiger charge is -2.12. The van der Waals surface area contributed by atoms with Gasteiger partial charge in [0.25, 0.3) is 11.4 Å². The second kappa shape index (κ2) is 12.9. The van der Waals surface area contributed by atoms with Crippen LogP contribution in [0.2, 0.25) is 0 Å². The smallest absolute Gasteiger partial charge is 0.312 e. The lowest BCUT2D eigenvalue weighted by atomic mass is 10.1. The van der Waals surface area contributed by atoms with Gasteiger partial charge in [0.1, 0.15) is 17.2 Å². The van der Waals surface area contributed by atoms with E-state index in [9.17, 15) is 30.3 Å². The van der Waals surface area contributed by atoms with E-state index in [1.54, 1.807) is 45.9 Å². The summed E-state index contributed by atoms with van der Waals surface area (Å²) in [6.45, 7) is 12.8. The highest BCUT2D eigenvalue weighted by molar-refractivity contribution is 5.56. The zero-order valence-electron chi connectivity index (χ0n) is 24.4. The Bertz CT molecular complexity index is 1700. The molecule has 0 heterocycles. The van der Waals surface area contributed by atoms with Gasteiger partial charge in [-0.05, 0) is 107 Å². The largest absolute Gasteiger partial charge is 0.457 e. The number of nitro benzene ring substituents is 3. The predicted octanol–water partition coefficient (Wildman–Crippen LogP) is 8.84. The van der Waals surface area contributed by atoms with E-state index in [0.717, 1.165) is 22.4 Å². The molecule has 0 radical (unpaired) electrons. The average molecular weight is 574 g/mol. The van der Waals surface area contributed by atoms with Gasteiger partial charge in [0.15, 0.2) is 0 Å². The topological polar surface area (TPSA) is 148 Å². The molecule has 11 heteroatoms. The number of ether oxygens (including phenoxy) is 2. The van der Waals surface area contributed by atoms with Crippen molar-refractivity contribution in [2.24, 2.45) is 0 Å². The minimum absolute atomic E-state index is 0.0255. The Hall–Kier alpha value is -5.32. The van der Waals surface area contributed by atoms with E-state index in [-0.39, 0.29) is 27.7 Å². The Morgan fingerprint density at radius 2 is 0.952 bits per heavy atom. The molecule has 0 saturated heterocycles. The minimum Gasteiger partial charge on any atom is -0.457 e. The van der Waals surface area contributed by atoms with Crippen molar-refractivity contribution in [2.75, 3.05) is 0 Å². The van der Waals surface area contributed by atoms with Crippen LogP contribution in [0.5, 0.6) is 23.0 Å². The van der Waals surface area contributed by atoms with E-state index in [0.29, 0.717) is 28.2 Å². The maximum absolute atomic E-state index is 11.2. The van der Waals surface area contributed by atoms with Gasteiger partial charge in [0.2, 0.25) is 5.75 Å². The van der Waals surface area contributed by atoms with Gasteiger partial charge in [-0.1, -0.05) is 12.1 Å². The van der Waals surface area contributed by atoms with Crippen LogP contribution in [-0.4, -0.2) is 14.8 Å². The molecule has 0 aliphatic heterocycles. The van der Waals surface area contributed by atoms with Gasteiger partial charge < -0.3 is 9.47 Å². The van der Waals surface area contributed by atoms with E-state index in [1.165, 1.54) is 35.9 Å². The number of benzene rings is 4. The second-order valence-corrected chi connectivity index (χ2v) is 10.0. The molecule has 4 aromatic carbocycles. The van der Waals surface area contributed by atoms with Gasteiger partial charge in [-0.15, -0.1) is 0 Å². The maximum atomic E-state index is 11.2. The molecule has 0 fully saturated rings. The summed E-state index contributed by atoms with van der Waals surface area (Å²) in [7, 11) is 0. The third-order valence-corrected chi connectivity index (χ3v) is 6.56. The van der Waals surface area contributed by atoms with Gasteiger partial charge in [-0.2, -0.15) is 0 Å². The van der Waals surface area contributed by atoms with E-state index >= 15 is 0 Å². The molecule has 0 N–H and O–H groups in total. The van der Waals surface area contributed by atoms with Crippen molar-refractivity contribution in [1.29, 1.82) is 0 Å². The molecule has 0 spiro atoms. The summed E-state index contributed by atoms with van der Waals surface area (Å²) in [5.74, 6) is 1.85. The average Bonchev–Trinajstić information content (AvgIpc) is 2.88. The van der Waals surface area contributed by atoms with E-state index in [4.69, 9.17) is 9.47 Å². The number of hydrogen-bond donors (Lipinski definition) is 0. The first kappa shape index (κ1) is 31.2. The van der Waals surface area contributed by atoms with Gasteiger partial charge in [0, 0.05) is 29.3 Å². The lowest BCUT2D eigenvalue weighted by molar-refractivity contribution is -0.385. The Kier molecular flexibility index (Phi) is 9.58. The van der Waals surface area contributed by atoms with Crippen LogP contribution in [0.4, 0.5) is 17.1 Å². The van der Waals surface area contributed by atoms with Crippen LogP contribution in [-0.2, 0) is 0 Å². The Labute approximate surface area is 242 Å². The Morgan fingerprint density at radius 3 is 1.43 bits per heavy atom. The SMILES string of the molecule is Cc1cc(C)c(Oc2ccc([N+](=O)[O-])c(C)c2)c([N+](=O)[O-])c1.Cc1cc(C)c(Oc2ccc([N+](=O)[O-])c(C)c2)cc1C. The monoisotopic (exact) mass is 573 g/mol. The van der Waals surface area contributed by atoms with Crippen molar-refractivity contribution in [3.8, 4) is 23.0 Å². The van der Waals surface area contributed by atoms with Crippen molar-refractivity contribution >= 4 is 17.1 Å². The molecule has 0 aromatic heterocycles. The van der Waals surface area contributed by atoms with Crippen molar-refractivity contribution in [3.63, 3.8) is 0 Å². The predicted molar refractivity (Wildman–Crippen MR) is 159 cm³/mol. The maximum Gasteiger partial charge on any atom is 0.312 e. The molecule has 0 aliphatic rings. The molecule has 0 saturated carbocycles. The fourth-order valence-electron chi connectivity index (χ4n) is 4.28. The van der Waals surface area contributed by atoms with E-state index < -0.39 is 9.85 Å². The molecule has 0 aliphatic carbocycles. The number of nitrogens with zero attached hydrogens (tertiary/aromatic N) is 3. The molecule has 0 bridgehead atoms.